The van der Waals surface area contributed by atoms with Gasteiger partial charge in [-0.3, -0.25) is 4.68 Å². The third-order valence-corrected chi connectivity index (χ3v) is 3.66. The first-order chi connectivity index (χ1) is 7.50. The average Bonchev–Trinajstić information content (AvgIpc) is 3.03. The molecule has 2 rings (SSSR count). The molecule has 1 aliphatic carbocycles. The molecule has 0 aliphatic heterocycles. The monoisotopic (exact) mass is 244 g/mol. The van der Waals surface area contributed by atoms with Crippen LogP contribution in [0.4, 0.5) is 0 Å². The lowest BCUT2D eigenvalue weighted by atomic mass is 10.0. The van der Waals surface area contributed by atoms with Crippen molar-refractivity contribution in [3.05, 3.63) is 16.4 Å². The van der Waals surface area contributed by atoms with Crippen LogP contribution < -0.4 is 0 Å². The van der Waals surface area contributed by atoms with Gasteiger partial charge < -0.3 is 10.2 Å². The zero-order chi connectivity index (χ0) is 11.9. The summed E-state index contributed by atoms with van der Waals surface area (Å²) >= 11 is 6.07. The third-order valence-electron chi connectivity index (χ3n) is 3.18. The molecule has 0 radical (unpaired) electrons. The predicted molar refractivity (Wildman–Crippen MR) is 61.4 cm³/mol. The Kier molecular flexibility index (Phi) is 3.24. The van der Waals surface area contributed by atoms with Gasteiger partial charge in [-0.2, -0.15) is 5.10 Å². The van der Waals surface area contributed by atoms with Crippen molar-refractivity contribution in [1.29, 1.82) is 0 Å². The van der Waals surface area contributed by atoms with E-state index in [2.05, 4.69) is 5.10 Å². The predicted octanol–water partition coefficient (Wildman–Crippen LogP) is 1.06. The van der Waals surface area contributed by atoms with Crippen LogP contribution in [0.25, 0.3) is 0 Å². The first-order valence-corrected chi connectivity index (χ1v) is 5.92. The highest BCUT2D eigenvalue weighted by atomic mass is 35.5. The van der Waals surface area contributed by atoms with Gasteiger partial charge >= 0.3 is 0 Å². The van der Waals surface area contributed by atoms with E-state index in [-0.39, 0.29) is 5.92 Å². The fourth-order valence-corrected chi connectivity index (χ4v) is 2.24. The van der Waals surface area contributed by atoms with Crippen LogP contribution in [0.1, 0.15) is 24.1 Å². The van der Waals surface area contributed by atoms with E-state index < -0.39 is 12.2 Å². The maximum Gasteiger partial charge on any atom is 0.130 e. The Labute approximate surface area is 99.8 Å². The Morgan fingerprint density at radius 1 is 1.50 bits per heavy atom. The van der Waals surface area contributed by atoms with Crippen LogP contribution in [-0.4, -0.2) is 32.2 Å². The molecule has 4 nitrogen and oxygen atoms in total. The molecule has 1 aromatic rings. The van der Waals surface area contributed by atoms with Gasteiger partial charge in [0.15, 0.2) is 0 Å². The summed E-state index contributed by atoms with van der Waals surface area (Å²) < 4.78 is 1.59. The zero-order valence-corrected chi connectivity index (χ0v) is 10.3. The molecular weight excluding hydrogens is 228 g/mol. The minimum atomic E-state index is -0.743. The van der Waals surface area contributed by atoms with Crippen molar-refractivity contribution in [2.45, 2.75) is 38.4 Å². The SMILES string of the molecule is Cc1nn(C)c(Cl)c1CC(O)C(O)C1CC1. The molecule has 16 heavy (non-hydrogen) atoms. The quantitative estimate of drug-likeness (QED) is 0.833. The van der Waals surface area contributed by atoms with Gasteiger partial charge in [0.2, 0.25) is 0 Å². The van der Waals surface area contributed by atoms with Crippen molar-refractivity contribution in [3.63, 3.8) is 0 Å². The number of aryl methyl sites for hydroxylation is 2. The van der Waals surface area contributed by atoms with Gasteiger partial charge in [0.1, 0.15) is 5.15 Å². The molecule has 2 unspecified atom stereocenters. The summed E-state index contributed by atoms with van der Waals surface area (Å²) in [6, 6.07) is 0. The molecule has 0 spiro atoms. The largest absolute Gasteiger partial charge is 0.390 e. The number of hydrogen-bond donors (Lipinski definition) is 2. The second kappa shape index (κ2) is 4.35. The van der Waals surface area contributed by atoms with E-state index in [9.17, 15) is 10.2 Å². The van der Waals surface area contributed by atoms with Gasteiger partial charge in [-0.05, 0) is 25.7 Å². The number of rotatable bonds is 4. The van der Waals surface area contributed by atoms with Crippen molar-refractivity contribution < 1.29 is 10.2 Å². The molecule has 2 N–H and O–H groups in total. The lowest BCUT2D eigenvalue weighted by Crippen LogP contribution is -2.30. The summed E-state index contributed by atoms with van der Waals surface area (Å²) in [5.74, 6) is 0.269. The standard InChI is InChI=1S/C11H17ClN2O2/c1-6-8(11(12)14(2)13-6)5-9(15)10(16)7-3-4-7/h7,9-10,15-16H,3-5H2,1-2H3. The summed E-state index contributed by atoms with van der Waals surface area (Å²) in [4.78, 5) is 0. The number of hydrogen-bond acceptors (Lipinski definition) is 3. The van der Waals surface area contributed by atoms with Gasteiger partial charge in [0.25, 0.3) is 0 Å². The third kappa shape index (κ3) is 2.24. The van der Waals surface area contributed by atoms with Gasteiger partial charge in [0, 0.05) is 19.0 Å². The number of nitrogens with zero attached hydrogens (tertiary/aromatic N) is 2. The lowest BCUT2D eigenvalue weighted by molar-refractivity contribution is 0.00666. The molecule has 1 heterocycles. The van der Waals surface area contributed by atoms with Crippen LogP contribution in [0.3, 0.4) is 0 Å². The van der Waals surface area contributed by atoms with Crippen molar-refractivity contribution in [2.75, 3.05) is 0 Å². The van der Waals surface area contributed by atoms with Crippen LogP contribution in [0.5, 0.6) is 0 Å². The fraction of sp³-hybridized carbons (Fsp3) is 0.727. The van der Waals surface area contributed by atoms with Gasteiger partial charge in [-0.25, -0.2) is 0 Å². The normalized spacial score (nSPS) is 19.8. The van der Waals surface area contributed by atoms with Gasteiger partial charge in [-0.1, -0.05) is 11.6 Å². The molecule has 1 aromatic heterocycles. The van der Waals surface area contributed by atoms with Gasteiger partial charge in [0.05, 0.1) is 17.9 Å². The molecule has 0 amide bonds. The Hall–Kier alpha value is -0.580. The lowest BCUT2D eigenvalue weighted by Gasteiger charge is -2.17. The summed E-state index contributed by atoms with van der Waals surface area (Å²) in [5.41, 5.74) is 1.64. The van der Waals surface area contributed by atoms with Crippen LogP contribution in [-0.2, 0) is 13.5 Å². The number of halogens is 1. The number of aromatic nitrogens is 2. The molecule has 0 saturated heterocycles. The fourth-order valence-electron chi connectivity index (χ4n) is 1.99. The van der Waals surface area contributed by atoms with Gasteiger partial charge in [-0.15, -0.1) is 0 Å². The number of aliphatic hydroxyl groups excluding tert-OH is 2. The summed E-state index contributed by atoms with van der Waals surface area (Å²) in [6.45, 7) is 1.86. The van der Waals surface area contributed by atoms with Crippen LogP contribution in [0, 0.1) is 12.8 Å². The number of aliphatic hydroxyl groups is 2. The Morgan fingerprint density at radius 3 is 2.56 bits per heavy atom. The van der Waals surface area contributed by atoms with Crippen molar-refractivity contribution >= 4 is 11.6 Å². The molecule has 0 aromatic carbocycles. The highest BCUT2D eigenvalue weighted by Crippen LogP contribution is 2.35. The highest BCUT2D eigenvalue weighted by Gasteiger charge is 2.35. The van der Waals surface area contributed by atoms with Crippen LogP contribution in [0.2, 0.25) is 5.15 Å². The Bertz CT molecular complexity index is 388. The second-order valence-electron chi connectivity index (χ2n) is 4.58. The van der Waals surface area contributed by atoms with E-state index >= 15 is 0 Å². The maximum absolute atomic E-state index is 9.89. The molecule has 0 bridgehead atoms. The summed E-state index contributed by atoms with van der Waals surface area (Å²) in [6.07, 6.45) is 1.02. The highest BCUT2D eigenvalue weighted by molar-refractivity contribution is 6.30. The van der Waals surface area contributed by atoms with E-state index in [0.29, 0.717) is 11.6 Å². The topological polar surface area (TPSA) is 58.3 Å². The van der Waals surface area contributed by atoms with E-state index in [1.165, 1.54) is 0 Å². The van der Waals surface area contributed by atoms with Crippen molar-refractivity contribution in [2.24, 2.45) is 13.0 Å². The summed E-state index contributed by atoms with van der Waals surface area (Å²) in [5, 5.41) is 24.4. The molecule has 5 heteroatoms. The van der Waals surface area contributed by atoms with Crippen LogP contribution >= 0.6 is 11.6 Å². The van der Waals surface area contributed by atoms with Crippen LogP contribution in [0.15, 0.2) is 0 Å². The maximum atomic E-state index is 9.89. The minimum Gasteiger partial charge on any atom is -0.390 e. The van der Waals surface area contributed by atoms with E-state index in [1.54, 1.807) is 11.7 Å². The Balaban J connectivity index is 2.07. The molecule has 2 atom stereocenters. The molecular formula is C11H17ClN2O2. The van der Waals surface area contributed by atoms with Crippen molar-refractivity contribution in [3.8, 4) is 0 Å². The van der Waals surface area contributed by atoms with E-state index in [1.807, 2.05) is 6.92 Å². The average molecular weight is 245 g/mol. The van der Waals surface area contributed by atoms with E-state index in [4.69, 9.17) is 11.6 Å². The van der Waals surface area contributed by atoms with E-state index in [0.717, 1.165) is 24.1 Å². The minimum absolute atomic E-state index is 0.269. The molecule has 1 aliphatic rings. The Morgan fingerprint density at radius 2 is 2.12 bits per heavy atom. The van der Waals surface area contributed by atoms with Crippen molar-refractivity contribution in [1.82, 2.24) is 9.78 Å². The smallest absolute Gasteiger partial charge is 0.130 e. The first kappa shape index (κ1) is 11.9. The molecule has 1 fully saturated rings. The molecule has 1 saturated carbocycles. The summed E-state index contributed by atoms with van der Waals surface area (Å²) in [7, 11) is 1.77. The molecule has 90 valence electrons. The second-order valence-corrected chi connectivity index (χ2v) is 4.94. The first-order valence-electron chi connectivity index (χ1n) is 5.54. The zero-order valence-electron chi connectivity index (χ0n) is 9.52.